The number of likely N-dealkylation sites (tertiary alicyclic amines) is 1. The van der Waals surface area contributed by atoms with Crippen LogP contribution in [0, 0.1) is 6.92 Å². The number of carbonyl (C=O) groups excluding carboxylic acids is 1. The number of hydrogen-bond donors (Lipinski definition) is 1. The van der Waals surface area contributed by atoms with Crippen molar-refractivity contribution in [1.82, 2.24) is 19.9 Å². The van der Waals surface area contributed by atoms with E-state index in [4.69, 9.17) is 4.98 Å². The van der Waals surface area contributed by atoms with Crippen LogP contribution in [0.4, 0.5) is 0 Å². The quantitative estimate of drug-likeness (QED) is 0.401. The molecule has 1 atom stereocenters. The molecule has 5 rings (SSSR count). The van der Waals surface area contributed by atoms with Gasteiger partial charge >= 0.3 is 0 Å². The van der Waals surface area contributed by atoms with Gasteiger partial charge in [-0.15, -0.1) is 11.3 Å². The number of aromatic amines is 1. The predicted octanol–water partition coefficient (Wildman–Crippen LogP) is 5.64. The van der Waals surface area contributed by atoms with E-state index >= 15 is 0 Å². The maximum atomic E-state index is 13.1. The Balaban J connectivity index is 1.23. The van der Waals surface area contributed by atoms with Crippen molar-refractivity contribution < 1.29 is 4.79 Å². The molecule has 1 aliphatic heterocycles. The topological polar surface area (TPSA) is 61.9 Å². The van der Waals surface area contributed by atoms with Crippen LogP contribution in [0.3, 0.4) is 0 Å². The highest BCUT2D eigenvalue weighted by molar-refractivity contribution is 8.00. The molecule has 158 valence electrons. The number of imidazole rings is 1. The minimum absolute atomic E-state index is 0.107. The second kappa shape index (κ2) is 8.85. The number of amides is 1. The van der Waals surface area contributed by atoms with E-state index in [1.807, 2.05) is 48.2 Å². The average molecular weight is 449 g/mol. The fourth-order valence-corrected chi connectivity index (χ4v) is 5.83. The summed E-state index contributed by atoms with van der Waals surface area (Å²) in [7, 11) is 0. The van der Waals surface area contributed by atoms with E-state index in [-0.39, 0.29) is 11.8 Å². The lowest BCUT2D eigenvalue weighted by Crippen LogP contribution is -2.39. The van der Waals surface area contributed by atoms with Gasteiger partial charge in [0.2, 0.25) is 0 Å². The van der Waals surface area contributed by atoms with Crippen LogP contribution in [0.2, 0.25) is 0 Å². The number of para-hydroxylation sites is 2. The third-order valence-corrected chi connectivity index (χ3v) is 7.87. The van der Waals surface area contributed by atoms with Crippen molar-refractivity contribution in [3.63, 3.8) is 0 Å². The second-order valence-electron chi connectivity index (χ2n) is 7.97. The number of carbonyl (C=O) groups is 1. The number of aromatic nitrogens is 3. The summed E-state index contributed by atoms with van der Waals surface area (Å²) in [6.45, 7) is 3.52. The Morgan fingerprint density at radius 1 is 1.19 bits per heavy atom. The largest absolute Gasteiger partial charge is 0.342 e. The summed E-state index contributed by atoms with van der Waals surface area (Å²) in [4.78, 5) is 27.8. The number of fused-ring (bicyclic) bond motifs is 1. The van der Waals surface area contributed by atoms with Crippen LogP contribution in [0.25, 0.3) is 11.0 Å². The molecule has 0 bridgehead atoms. The van der Waals surface area contributed by atoms with Gasteiger partial charge in [0.05, 0.1) is 11.0 Å². The Morgan fingerprint density at radius 2 is 2.03 bits per heavy atom. The number of benzene rings is 2. The van der Waals surface area contributed by atoms with Gasteiger partial charge in [-0.1, -0.05) is 36.0 Å². The van der Waals surface area contributed by atoms with Crippen molar-refractivity contribution in [3.8, 4) is 0 Å². The van der Waals surface area contributed by atoms with Crippen molar-refractivity contribution >= 4 is 40.0 Å². The molecule has 0 aliphatic carbocycles. The molecule has 0 spiro atoms. The molecule has 0 radical (unpaired) electrons. The Labute approximate surface area is 189 Å². The first-order chi connectivity index (χ1) is 15.2. The third-order valence-electron chi connectivity index (χ3n) is 5.66. The van der Waals surface area contributed by atoms with Crippen molar-refractivity contribution in [2.75, 3.05) is 13.1 Å². The van der Waals surface area contributed by atoms with Gasteiger partial charge in [0.1, 0.15) is 10.2 Å². The van der Waals surface area contributed by atoms with E-state index < -0.39 is 0 Å². The molecule has 1 unspecified atom stereocenters. The highest BCUT2D eigenvalue weighted by Gasteiger charge is 2.27. The smallest absolute Gasteiger partial charge is 0.253 e. The van der Waals surface area contributed by atoms with Crippen LogP contribution in [-0.2, 0) is 5.75 Å². The number of rotatable bonds is 5. The zero-order valence-electron chi connectivity index (χ0n) is 17.4. The number of nitrogens with one attached hydrogen (secondary N) is 1. The summed E-state index contributed by atoms with van der Waals surface area (Å²) in [5.74, 6) is 2.21. The summed E-state index contributed by atoms with van der Waals surface area (Å²) in [5.41, 5.74) is 5.07. The SMILES string of the molecule is Cc1csc(SCc2ccc(C(=O)N3CCCC(c4nc5ccccc5[nH]4)C3)cc2)n1. The Bertz CT molecular complexity index is 1160. The van der Waals surface area contributed by atoms with Crippen LogP contribution in [0.15, 0.2) is 58.3 Å². The van der Waals surface area contributed by atoms with Gasteiger partial charge < -0.3 is 9.88 Å². The molecule has 7 heteroatoms. The summed E-state index contributed by atoms with van der Waals surface area (Å²) in [6.07, 6.45) is 2.05. The molecule has 31 heavy (non-hydrogen) atoms. The maximum absolute atomic E-state index is 13.1. The Kier molecular flexibility index (Phi) is 5.78. The molecule has 4 aromatic rings. The zero-order valence-corrected chi connectivity index (χ0v) is 19.0. The van der Waals surface area contributed by atoms with E-state index in [1.165, 1.54) is 5.56 Å². The highest BCUT2D eigenvalue weighted by atomic mass is 32.2. The second-order valence-corrected chi connectivity index (χ2v) is 10.1. The summed E-state index contributed by atoms with van der Waals surface area (Å²) < 4.78 is 1.09. The van der Waals surface area contributed by atoms with Gasteiger partial charge in [0.25, 0.3) is 5.91 Å². The number of aryl methyl sites for hydroxylation is 1. The van der Waals surface area contributed by atoms with Crippen LogP contribution < -0.4 is 0 Å². The third kappa shape index (κ3) is 4.52. The van der Waals surface area contributed by atoms with E-state index in [1.54, 1.807) is 23.1 Å². The normalized spacial score (nSPS) is 16.7. The number of nitrogens with zero attached hydrogens (tertiary/aromatic N) is 3. The summed E-state index contributed by atoms with van der Waals surface area (Å²) in [5, 5.41) is 2.07. The Hall–Kier alpha value is -2.64. The maximum Gasteiger partial charge on any atom is 0.253 e. The summed E-state index contributed by atoms with van der Waals surface area (Å²) >= 11 is 3.42. The lowest BCUT2D eigenvalue weighted by Gasteiger charge is -2.32. The van der Waals surface area contributed by atoms with Crippen LogP contribution in [0.1, 0.15) is 46.2 Å². The molecule has 3 heterocycles. The zero-order chi connectivity index (χ0) is 21.2. The predicted molar refractivity (Wildman–Crippen MR) is 127 cm³/mol. The van der Waals surface area contributed by atoms with Crippen molar-refractivity contribution in [1.29, 1.82) is 0 Å². The fraction of sp³-hybridized carbons (Fsp3) is 0.292. The van der Waals surface area contributed by atoms with Gasteiger partial charge in [-0.3, -0.25) is 4.79 Å². The van der Waals surface area contributed by atoms with Gasteiger partial charge in [-0.25, -0.2) is 9.97 Å². The van der Waals surface area contributed by atoms with Crippen molar-refractivity contribution in [3.05, 3.63) is 76.6 Å². The van der Waals surface area contributed by atoms with Gasteiger partial charge in [0.15, 0.2) is 0 Å². The minimum atomic E-state index is 0.107. The van der Waals surface area contributed by atoms with Crippen molar-refractivity contribution in [2.24, 2.45) is 0 Å². The molecular weight excluding hydrogens is 424 g/mol. The van der Waals surface area contributed by atoms with Crippen molar-refractivity contribution in [2.45, 2.75) is 35.8 Å². The number of hydrogen-bond acceptors (Lipinski definition) is 5. The monoisotopic (exact) mass is 448 g/mol. The average Bonchev–Trinajstić information content (AvgIpc) is 3.43. The molecular formula is C24H24N4OS2. The minimum Gasteiger partial charge on any atom is -0.342 e. The number of piperidine rings is 1. The molecule has 1 fully saturated rings. The van der Waals surface area contributed by atoms with Crippen LogP contribution >= 0.6 is 23.1 Å². The molecule has 5 nitrogen and oxygen atoms in total. The first-order valence-corrected chi connectivity index (χ1v) is 12.4. The first-order valence-electron chi connectivity index (χ1n) is 10.5. The number of thioether (sulfide) groups is 1. The molecule has 1 aliphatic rings. The fourth-order valence-electron chi connectivity index (χ4n) is 4.02. The molecule has 1 saturated heterocycles. The summed E-state index contributed by atoms with van der Waals surface area (Å²) in [6, 6.07) is 16.1. The van der Waals surface area contributed by atoms with Gasteiger partial charge in [-0.05, 0) is 49.6 Å². The first kappa shape index (κ1) is 20.3. The van der Waals surface area contributed by atoms with Gasteiger partial charge in [0, 0.05) is 41.4 Å². The highest BCUT2D eigenvalue weighted by Crippen LogP contribution is 2.29. The van der Waals surface area contributed by atoms with E-state index in [2.05, 4.69) is 27.5 Å². The Morgan fingerprint density at radius 3 is 2.81 bits per heavy atom. The van der Waals surface area contributed by atoms with E-state index in [0.717, 1.165) is 57.6 Å². The molecule has 1 N–H and O–H groups in total. The standard InChI is InChI=1S/C24H24N4OS2/c1-16-14-30-24(25-16)31-15-17-8-10-18(11-9-17)23(29)28-12-4-5-19(13-28)22-26-20-6-2-3-7-21(20)27-22/h2-3,6-11,14,19H,4-5,12-13,15H2,1H3,(H,26,27). The number of thiazole rings is 1. The molecule has 2 aromatic carbocycles. The van der Waals surface area contributed by atoms with Gasteiger partial charge in [-0.2, -0.15) is 0 Å². The van der Waals surface area contributed by atoms with E-state index in [9.17, 15) is 4.79 Å². The molecule has 1 amide bonds. The number of H-pyrrole nitrogens is 1. The lowest BCUT2D eigenvalue weighted by atomic mass is 9.96. The van der Waals surface area contributed by atoms with Crippen LogP contribution in [0.5, 0.6) is 0 Å². The molecule has 2 aromatic heterocycles. The van der Waals surface area contributed by atoms with Crippen LogP contribution in [-0.4, -0.2) is 38.8 Å². The lowest BCUT2D eigenvalue weighted by molar-refractivity contribution is 0.0705. The van der Waals surface area contributed by atoms with E-state index in [0.29, 0.717) is 6.54 Å². The molecule has 0 saturated carbocycles.